The van der Waals surface area contributed by atoms with Crippen molar-refractivity contribution in [3.05, 3.63) is 74.4 Å². The summed E-state index contributed by atoms with van der Waals surface area (Å²) in [6.07, 6.45) is 3.56. The molecule has 1 aromatic heterocycles. The Morgan fingerprint density at radius 2 is 1.82 bits per heavy atom. The molecule has 0 saturated carbocycles. The predicted octanol–water partition coefficient (Wildman–Crippen LogP) is 5.75. The normalized spacial score (nSPS) is 16.4. The Morgan fingerprint density at radius 1 is 1.12 bits per heavy atom. The van der Waals surface area contributed by atoms with E-state index in [4.69, 9.17) is 34.8 Å². The Kier molecular flexibility index (Phi) is 8.28. The molecular weight excluding hydrogens is 499 g/mol. The van der Waals surface area contributed by atoms with Gasteiger partial charge in [-0.25, -0.2) is 4.68 Å². The van der Waals surface area contributed by atoms with Gasteiger partial charge in [0.1, 0.15) is 10.7 Å². The number of fused-ring (bicyclic) bond motifs is 1. The highest BCUT2D eigenvalue weighted by molar-refractivity contribution is 7.99. The standard InChI is InChI=1S/C24H27Cl3N4OS/c1-29(2)15-33-24-18(12-28-31(24)23-21(26)10-19(25)11-22(23)27)14-30-13-17-6-4-3-5-16(17)9-20(30)7-8-32/h3-6,10-12,20,32H,7-9,13-15H2,1-2H3. The summed E-state index contributed by atoms with van der Waals surface area (Å²) in [6.45, 7) is 1.73. The van der Waals surface area contributed by atoms with Crippen LogP contribution in [-0.4, -0.2) is 57.3 Å². The molecule has 4 rings (SSSR count). The maximum absolute atomic E-state index is 9.69. The van der Waals surface area contributed by atoms with Gasteiger partial charge in [0, 0.05) is 36.3 Å². The quantitative estimate of drug-likeness (QED) is 0.299. The van der Waals surface area contributed by atoms with Gasteiger partial charge in [0.25, 0.3) is 0 Å². The maximum Gasteiger partial charge on any atom is 0.106 e. The molecule has 0 bridgehead atoms. The second-order valence-electron chi connectivity index (χ2n) is 8.50. The molecule has 1 N–H and O–H groups in total. The van der Waals surface area contributed by atoms with Crippen LogP contribution >= 0.6 is 46.6 Å². The zero-order valence-corrected chi connectivity index (χ0v) is 21.7. The van der Waals surface area contributed by atoms with Crippen molar-refractivity contribution in [2.45, 2.75) is 37.0 Å². The van der Waals surface area contributed by atoms with E-state index < -0.39 is 0 Å². The molecule has 33 heavy (non-hydrogen) atoms. The number of aliphatic hydroxyl groups is 1. The molecule has 0 spiro atoms. The van der Waals surface area contributed by atoms with Crippen molar-refractivity contribution in [3.63, 3.8) is 0 Å². The van der Waals surface area contributed by atoms with E-state index in [0.29, 0.717) is 20.8 Å². The minimum Gasteiger partial charge on any atom is -0.396 e. The first-order chi connectivity index (χ1) is 15.9. The minimum atomic E-state index is 0.167. The van der Waals surface area contributed by atoms with E-state index in [1.54, 1.807) is 23.9 Å². The molecule has 9 heteroatoms. The molecule has 0 saturated heterocycles. The average molecular weight is 526 g/mol. The molecule has 176 valence electrons. The van der Waals surface area contributed by atoms with E-state index in [1.165, 1.54) is 11.1 Å². The molecule has 1 aliphatic heterocycles. The molecule has 1 aliphatic rings. The van der Waals surface area contributed by atoms with Crippen LogP contribution in [0.25, 0.3) is 5.69 Å². The van der Waals surface area contributed by atoms with Gasteiger partial charge in [-0.2, -0.15) is 5.10 Å². The lowest BCUT2D eigenvalue weighted by atomic mass is 9.92. The third-order valence-corrected chi connectivity index (χ3v) is 7.90. The van der Waals surface area contributed by atoms with Crippen molar-refractivity contribution in [1.29, 1.82) is 0 Å². The summed E-state index contributed by atoms with van der Waals surface area (Å²) in [7, 11) is 4.07. The number of benzene rings is 2. The number of nitrogens with zero attached hydrogens (tertiary/aromatic N) is 4. The largest absolute Gasteiger partial charge is 0.396 e. The lowest BCUT2D eigenvalue weighted by Crippen LogP contribution is -2.40. The number of halogens is 3. The van der Waals surface area contributed by atoms with Gasteiger partial charge in [0.05, 0.1) is 22.1 Å². The fourth-order valence-electron chi connectivity index (χ4n) is 4.20. The van der Waals surface area contributed by atoms with Crippen molar-refractivity contribution in [1.82, 2.24) is 19.6 Å². The van der Waals surface area contributed by atoms with Crippen molar-refractivity contribution in [2.75, 3.05) is 26.6 Å². The number of aromatic nitrogens is 2. The topological polar surface area (TPSA) is 44.5 Å². The summed E-state index contributed by atoms with van der Waals surface area (Å²) in [5.41, 5.74) is 4.44. The van der Waals surface area contributed by atoms with Crippen LogP contribution in [0.15, 0.2) is 47.6 Å². The zero-order valence-electron chi connectivity index (χ0n) is 18.6. The SMILES string of the molecule is CN(C)CSc1c(CN2Cc3ccccc3CC2CCO)cnn1-c1c(Cl)cc(Cl)cc1Cl. The number of hydrogen-bond donors (Lipinski definition) is 1. The molecule has 0 fully saturated rings. The number of thioether (sulfide) groups is 1. The fraction of sp³-hybridized carbons (Fsp3) is 0.375. The second-order valence-corrected chi connectivity index (χ2v) is 10.7. The van der Waals surface area contributed by atoms with Crippen molar-refractivity contribution in [2.24, 2.45) is 0 Å². The second kappa shape index (κ2) is 11.0. The number of aliphatic hydroxyl groups excluding tert-OH is 1. The fourth-order valence-corrected chi connectivity index (χ4v) is 6.12. The van der Waals surface area contributed by atoms with E-state index in [0.717, 1.165) is 42.4 Å². The van der Waals surface area contributed by atoms with Gasteiger partial charge < -0.3 is 5.11 Å². The molecule has 1 unspecified atom stereocenters. The van der Waals surface area contributed by atoms with Crippen LogP contribution in [0.5, 0.6) is 0 Å². The van der Waals surface area contributed by atoms with Crippen LogP contribution < -0.4 is 0 Å². The third kappa shape index (κ3) is 5.70. The lowest BCUT2D eigenvalue weighted by Gasteiger charge is -2.36. The highest BCUT2D eigenvalue weighted by Crippen LogP contribution is 2.37. The Morgan fingerprint density at radius 3 is 2.48 bits per heavy atom. The van der Waals surface area contributed by atoms with Crippen LogP contribution in [-0.2, 0) is 19.5 Å². The summed E-state index contributed by atoms with van der Waals surface area (Å²) in [6, 6.07) is 12.2. The molecule has 0 aliphatic carbocycles. The van der Waals surface area contributed by atoms with E-state index >= 15 is 0 Å². The Balaban J connectivity index is 1.70. The zero-order chi connectivity index (χ0) is 23.5. The molecular formula is C24H27Cl3N4OS. The molecule has 2 heterocycles. The predicted molar refractivity (Wildman–Crippen MR) is 138 cm³/mol. The van der Waals surface area contributed by atoms with Gasteiger partial charge in [-0.05, 0) is 50.2 Å². The summed E-state index contributed by atoms with van der Waals surface area (Å²) < 4.78 is 1.82. The summed E-state index contributed by atoms with van der Waals surface area (Å²) >= 11 is 20.9. The summed E-state index contributed by atoms with van der Waals surface area (Å²) in [4.78, 5) is 4.55. The van der Waals surface area contributed by atoms with E-state index in [2.05, 4.69) is 39.2 Å². The third-order valence-electron chi connectivity index (χ3n) is 5.75. The molecule has 0 amide bonds. The highest BCUT2D eigenvalue weighted by atomic mass is 35.5. The van der Waals surface area contributed by atoms with E-state index in [9.17, 15) is 5.11 Å². The molecule has 0 radical (unpaired) electrons. The monoisotopic (exact) mass is 524 g/mol. The smallest absolute Gasteiger partial charge is 0.106 e. The highest BCUT2D eigenvalue weighted by Gasteiger charge is 2.28. The van der Waals surface area contributed by atoms with Crippen molar-refractivity contribution >= 4 is 46.6 Å². The molecule has 3 aromatic rings. The van der Waals surface area contributed by atoms with E-state index in [1.807, 2.05) is 25.0 Å². The first kappa shape index (κ1) is 24.9. The van der Waals surface area contributed by atoms with Gasteiger partial charge in [-0.1, -0.05) is 70.8 Å². The van der Waals surface area contributed by atoms with Crippen molar-refractivity contribution in [3.8, 4) is 5.69 Å². The van der Waals surface area contributed by atoms with Crippen LogP contribution in [0.3, 0.4) is 0 Å². The van der Waals surface area contributed by atoms with Gasteiger partial charge >= 0.3 is 0 Å². The Labute approximate surface area is 214 Å². The Bertz CT molecular complexity index is 1100. The van der Waals surface area contributed by atoms with Gasteiger partial charge in [-0.15, -0.1) is 0 Å². The minimum absolute atomic E-state index is 0.167. The molecule has 5 nitrogen and oxygen atoms in total. The number of hydrogen-bond acceptors (Lipinski definition) is 5. The lowest BCUT2D eigenvalue weighted by molar-refractivity contribution is 0.129. The van der Waals surface area contributed by atoms with Crippen LogP contribution in [0, 0.1) is 0 Å². The first-order valence-electron chi connectivity index (χ1n) is 10.8. The Hall–Kier alpha value is -1.25. The summed E-state index contributed by atoms with van der Waals surface area (Å²) in [5.74, 6) is 0.782. The van der Waals surface area contributed by atoms with Gasteiger partial charge in [-0.3, -0.25) is 9.80 Å². The molecule has 1 atom stereocenters. The van der Waals surface area contributed by atoms with Gasteiger partial charge in [0.15, 0.2) is 0 Å². The van der Waals surface area contributed by atoms with Crippen molar-refractivity contribution < 1.29 is 5.11 Å². The summed E-state index contributed by atoms with van der Waals surface area (Å²) in [5, 5.41) is 16.8. The van der Waals surface area contributed by atoms with Crippen LogP contribution in [0.2, 0.25) is 15.1 Å². The number of rotatable bonds is 8. The average Bonchev–Trinajstić information content (AvgIpc) is 3.14. The molecule has 2 aromatic carbocycles. The van der Waals surface area contributed by atoms with E-state index in [-0.39, 0.29) is 12.6 Å². The first-order valence-corrected chi connectivity index (χ1v) is 12.9. The van der Waals surface area contributed by atoms with Crippen LogP contribution in [0.4, 0.5) is 0 Å². The van der Waals surface area contributed by atoms with Crippen LogP contribution in [0.1, 0.15) is 23.1 Å². The maximum atomic E-state index is 9.69. The van der Waals surface area contributed by atoms with Gasteiger partial charge in [0.2, 0.25) is 0 Å².